The van der Waals surface area contributed by atoms with E-state index >= 15 is 0 Å². The van der Waals surface area contributed by atoms with Crippen LogP contribution in [0.3, 0.4) is 0 Å². The number of aromatic nitrogens is 1. The van der Waals surface area contributed by atoms with E-state index in [-0.39, 0.29) is 12.5 Å². The molecule has 0 radical (unpaired) electrons. The number of benzene rings is 1. The summed E-state index contributed by atoms with van der Waals surface area (Å²) in [6.07, 6.45) is 1.57. The Hall–Kier alpha value is -2.64. The van der Waals surface area contributed by atoms with Gasteiger partial charge in [-0.1, -0.05) is 17.9 Å². The summed E-state index contributed by atoms with van der Waals surface area (Å²) in [6.45, 7) is 4.28. The molecule has 21 heavy (non-hydrogen) atoms. The standard InChI is InChI=1S/C17H17N3O/c1-12-7-8-15(11-13(12)2)20-17(21)16-14(5-3-9-18)6-4-10-19-16/h4,6-8,10-11H,9,18H2,1-2H3,(H,20,21). The van der Waals surface area contributed by atoms with E-state index in [0.29, 0.717) is 11.3 Å². The number of amides is 1. The van der Waals surface area contributed by atoms with Gasteiger partial charge in [0, 0.05) is 11.9 Å². The third-order valence-corrected chi connectivity index (χ3v) is 3.11. The Kier molecular flexibility index (Phi) is 4.70. The van der Waals surface area contributed by atoms with Crippen LogP contribution in [-0.2, 0) is 0 Å². The van der Waals surface area contributed by atoms with Crippen molar-refractivity contribution in [3.8, 4) is 11.8 Å². The van der Waals surface area contributed by atoms with Gasteiger partial charge in [-0.15, -0.1) is 0 Å². The van der Waals surface area contributed by atoms with Crippen LogP contribution in [0.4, 0.5) is 5.69 Å². The Bertz CT molecular complexity index is 726. The van der Waals surface area contributed by atoms with Crippen LogP contribution < -0.4 is 11.1 Å². The van der Waals surface area contributed by atoms with Gasteiger partial charge in [-0.3, -0.25) is 4.79 Å². The fraction of sp³-hybridized carbons (Fsp3) is 0.176. The number of aryl methyl sites for hydroxylation is 2. The van der Waals surface area contributed by atoms with Gasteiger partial charge in [-0.05, 0) is 49.2 Å². The summed E-state index contributed by atoms with van der Waals surface area (Å²) in [6, 6.07) is 9.27. The molecular weight excluding hydrogens is 262 g/mol. The minimum Gasteiger partial charge on any atom is -0.321 e. The molecule has 0 aliphatic rings. The van der Waals surface area contributed by atoms with Gasteiger partial charge >= 0.3 is 0 Å². The van der Waals surface area contributed by atoms with Crippen LogP contribution in [0.1, 0.15) is 27.2 Å². The monoisotopic (exact) mass is 279 g/mol. The lowest BCUT2D eigenvalue weighted by atomic mass is 10.1. The van der Waals surface area contributed by atoms with Crippen molar-refractivity contribution in [2.75, 3.05) is 11.9 Å². The maximum absolute atomic E-state index is 12.3. The lowest BCUT2D eigenvalue weighted by Gasteiger charge is -2.08. The summed E-state index contributed by atoms with van der Waals surface area (Å²) >= 11 is 0. The van der Waals surface area contributed by atoms with E-state index in [9.17, 15) is 4.79 Å². The van der Waals surface area contributed by atoms with Crippen molar-refractivity contribution in [1.82, 2.24) is 4.98 Å². The van der Waals surface area contributed by atoms with E-state index < -0.39 is 0 Å². The predicted molar refractivity (Wildman–Crippen MR) is 84.0 cm³/mol. The quantitative estimate of drug-likeness (QED) is 0.829. The van der Waals surface area contributed by atoms with E-state index in [4.69, 9.17) is 5.73 Å². The molecule has 1 amide bonds. The fourth-order valence-electron chi connectivity index (χ4n) is 1.84. The second-order valence-electron chi connectivity index (χ2n) is 4.66. The summed E-state index contributed by atoms with van der Waals surface area (Å²) in [7, 11) is 0. The zero-order valence-electron chi connectivity index (χ0n) is 12.1. The molecule has 0 fully saturated rings. The molecule has 0 unspecified atom stereocenters. The first kappa shape index (κ1) is 14.8. The Balaban J connectivity index is 2.26. The molecule has 0 saturated heterocycles. The molecule has 3 N–H and O–H groups in total. The van der Waals surface area contributed by atoms with Gasteiger partial charge < -0.3 is 11.1 Å². The van der Waals surface area contributed by atoms with Crippen LogP contribution in [-0.4, -0.2) is 17.4 Å². The molecule has 0 aliphatic heterocycles. The van der Waals surface area contributed by atoms with E-state index in [0.717, 1.165) is 11.3 Å². The summed E-state index contributed by atoms with van der Waals surface area (Å²) in [4.78, 5) is 16.4. The molecule has 1 aromatic carbocycles. The number of carbonyl (C=O) groups is 1. The molecule has 2 aromatic rings. The molecule has 4 nitrogen and oxygen atoms in total. The van der Waals surface area contributed by atoms with Gasteiger partial charge in [0.05, 0.1) is 12.1 Å². The molecule has 0 atom stereocenters. The second kappa shape index (κ2) is 6.69. The van der Waals surface area contributed by atoms with Gasteiger partial charge in [0.25, 0.3) is 5.91 Å². The molecule has 0 aliphatic carbocycles. The zero-order valence-corrected chi connectivity index (χ0v) is 12.1. The molecule has 4 heteroatoms. The summed E-state index contributed by atoms with van der Waals surface area (Å²) in [5.74, 6) is 5.32. The number of pyridine rings is 1. The number of nitrogens with two attached hydrogens (primary N) is 1. The van der Waals surface area contributed by atoms with E-state index in [1.54, 1.807) is 18.3 Å². The SMILES string of the molecule is Cc1ccc(NC(=O)c2ncccc2C#CCN)cc1C. The van der Waals surface area contributed by atoms with Crippen LogP contribution in [0.2, 0.25) is 0 Å². The van der Waals surface area contributed by atoms with E-state index in [1.807, 2.05) is 32.0 Å². The molecule has 106 valence electrons. The number of anilines is 1. The number of rotatable bonds is 2. The lowest BCUT2D eigenvalue weighted by Crippen LogP contribution is -2.15. The van der Waals surface area contributed by atoms with Gasteiger partial charge in [-0.25, -0.2) is 4.98 Å². The van der Waals surface area contributed by atoms with Crippen molar-refractivity contribution in [1.29, 1.82) is 0 Å². The Morgan fingerprint density at radius 3 is 2.81 bits per heavy atom. The molecular formula is C17H17N3O. The first-order valence-electron chi connectivity index (χ1n) is 6.64. The smallest absolute Gasteiger partial charge is 0.275 e. The van der Waals surface area contributed by atoms with Crippen LogP contribution in [0, 0.1) is 25.7 Å². The minimum atomic E-state index is -0.278. The van der Waals surface area contributed by atoms with E-state index in [1.165, 1.54) is 5.56 Å². The largest absolute Gasteiger partial charge is 0.321 e. The van der Waals surface area contributed by atoms with Crippen molar-refractivity contribution in [3.05, 3.63) is 58.9 Å². The molecule has 0 bridgehead atoms. The van der Waals surface area contributed by atoms with Crippen LogP contribution in [0.15, 0.2) is 36.5 Å². The van der Waals surface area contributed by atoms with Crippen LogP contribution >= 0.6 is 0 Å². The Morgan fingerprint density at radius 2 is 2.10 bits per heavy atom. The molecule has 2 rings (SSSR count). The highest BCUT2D eigenvalue weighted by molar-refractivity contribution is 6.04. The average molecular weight is 279 g/mol. The number of nitrogens with one attached hydrogen (secondary N) is 1. The van der Waals surface area contributed by atoms with Gasteiger partial charge in [0.1, 0.15) is 5.69 Å². The fourth-order valence-corrected chi connectivity index (χ4v) is 1.84. The van der Waals surface area contributed by atoms with Crippen molar-refractivity contribution < 1.29 is 4.79 Å². The minimum absolute atomic E-state index is 0.243. The second-order valence-corrected chi connectivity index (χ2v) is 4.66. The van der Waals surface area contributed by atoms with Crippen molar-refractivity contribution in [2.24, 2.45) is 5.73 Å². The number of hydrogen-bond acceptors (Lipinski definition) is 3. The Morgan fingerprint density at radius 1 is 1.29 bits per heavy atom. The highest BCUT2D eigenvalue weighted by Gasteiger charge is 2.12. The average Bonchev–Trinajstić information content (AvgIpc) is 2.49. The van der Waals surface area contributed by atoms with Gasteiger partial charge in [0.15, 0.2) is 0 Å². The van der Waals surface area contributed by atoms with Gasteiger partial charge in [0.2, 0.25) is 0 Å². The maximum atomic E-state index is 12.3. The molecule has 0 spiro atoms. The third-order valence-electron chi connectivity index (χ3n) is 3.11. The topological polar surface area (TPSA) is 68.0 Å². The number of carbonyl (C=O) groups excluding carboxylic acids is 1. The number of hydrogen-bond donors (Lipinski definition) is 2. The van der Waals surface area contributed by atoms with Crippen LogP contribution in [0.25, 0.3) is 0 Å². The lowest BCUT2D eigenvalue weighted by molar-refractivity contribution is 0.102. The summed E-state index contributed by atoms with van der Waals surface area (Å²) in [5.41, 5.74) is 9.28. The van der Waals surface area contributed by atoms with Gasteiger partial charge in [-0.2, -0.15) is 0 Å². The first-order valence-corrected chi connectivity index (χ1v) is 6.64. The highest BCUT2D eigenvalue weighted by atomic mass is 16.1. The normalized spacial score (nSPS) is 9.67. The van der Waals surface area contributed by atoms with Crippen molar-refractivity contribution in [2.45, 2.75) is 13.8 Å². The third kappa shape index (κ3) is 3.68. The first-order chi connectivity index (χ1) is 10.1. The summed E-state index contributed by atoms with van der Waals surface area (Å²) < 4.78 is 0. The van der Waals surface area contributed by atoms with Crippen LogP contribution in [0.5, 0.6) is 0 Å². The molecule has 1 heterocycles. The molecule has 1 aromatic heterocycles. The maximum Gasteiger partial charge on any atom is 0.275 e. The molecule has 0 saturated carbocycles. The predicted octanol–water partition coefficient (Wildman–Crippen LogP) is 2.26. The summed E-state index contributed by atoms with van der Waals surface area (Å²) in [5, 5.41) is 2.84. The highest BCUT2D eigenvalue weighted by Crippen LogP contribution is 2.15. The van der Waals surface area contributed by atoms with Crippen molar-refractivity contribution in [3.63, 3.8) is 0 Å². The number of nitrogens with zero attached hydrogens (tertiary/aromatic N) is 1. The Labute approximate surface area is 124 Å². The van der Waals surface area contributed by atoms with E-state index in [2.05, 4.69) is 22.1 Å². The zero-order chi connectivity index (χ0) is 15.2. The van der Waals surface area contributed by atoms with Crippen molar-refractivity contribution >= 4 is 11.6 Å².